The highest BCUT2D eigenvalue weighted by molar-refractivity contribution is 5.75. The summed E-state index contributed by atoms with van der Waals surface area (Å²) in [5.74, 6) is 1.35. The number of urea groups is 1. The molecule has 2 aliphatic rings. The molecule has 26 heavy (non-hydrogen) atoms. The SMILES string of the molecule is C=C1Nc2ccc(N3CCN(C(=O)NCc4ccccc4)CC3)cc2O1. The van der Waals surface area contributed by atoms with Crippen molar-refractivity contribution in [1.29, 1.82) is 0 Å². The average Bonchev–Trinajstić information content (AvgIpc) is 3.06. The Morgan fingerprint density at radius 1 is 1.12 bits per heavy atom. The van der Waals surface area contributed by atoms with Crippen molar-refractivity contribution in [1.82, 2.24) is 10.2 Å². The highest BCUT2D eigenvalue weighted by atomic mass is 16.5. The Labute approximate surface area is 153 Å². The third-order valence-corrected chi connectivity index (χ3v) is 4.69. The van der Waals surface area contributed by atoms with Crippen molar-refractivity contribution in [3.63, 3.8) is 0 Å². The largest absolute Gasteiger partial charge is 0.439 e. The first kappa shape index (κ1) is 16.3. The molecule has 2 amide bonds. The predicted octanol–water partition coefficient (Wildman–Crippen LogP) is 2.99. The van der Waals surface area contributed by atoms with Gasteiger partial charge in [0.05, 0.1) is 5.69 Å². The average molecular weight is 350 g/mol. The van der Waals surface area contributed by atoms with Crippen molar-refractivity contribution >= 4 is 17.4 Å². The van der Waals surface area contributed by atoms with Crippen LogP contribution in [-0.2, 0) is 6.54 Å². The van der Waals surface area contributed by atoms with Gasteiger partial charge >= 0.3 is 6.03 Å². The van der Waals surface area contributed by atoms with Crippen LogP contribution < -0.4 is 20.3 Å². The topological polar surface area (TPSA) is 56.8 Å². The molecule has 2 aromatic rings. The number of carbonyl (C=O) groups is 1. The minimum absolute atomic E-state index is 0.00807. The Kier molecular flexibility index (Phi) is 4.39. The normalized spacial score (nSPS) is 15.9. The Bertz CT molecular complexity index is 814. The van der Waals surface area contributed by atoms with Crippen LogP contribution in [0.3, 0.4) is 0 Å². The lowest BCUT2D eigenvalue weighted by molar-refractivity contribution is 0.194. The molecule has 2 aromatic carbocycles. The summed E-state index contributed by atoms with van der Waals surface area (Å²) in [4.78, 5) is 16.5. The number of nitrogens with one attached hydrogen (secondary N) is 2. The summed E-state index contributed by atoms with van der Waals surface area (Å²) in [7, 11) is 0. The number of rotatable bonds is 3. The molecule has 0 atom stereocenters. The molecule has 4 rings (SSSR count). The van der Waals surface area contributed by atoms with Crippen LogP contribution in [0.4, 0.5) is 16.2 Å². The van der Waals surface area contributed by atoms with E-state index >= 15 is 0 Å². The van der Waals surface area contributed by atoms with Crippen molar-refractivity contribution < 1.29 is 9.53 Å². The van der Waals surface area contributed by atoms with Crippen molar-refractivity contribution in [2.24, 2.45) is 0 Å². The fourth-order valence-electron chi connectivity index (χ4n) is 3.26. The van der Waals surface area contributed by atoms with Crippen molar-refractivity contribution in [2.45, 2.75) is 6.54 Å². The van der Waals surface area contributed by atoms with Crippen molar-refractivity contribution in [3.05, 3.63) is 66.6 Å². The monoisotopic (exact) mass is 350 g/mol. The highest BCUT2D eigenvalue weighted by Gasteiger charge is 2.23. The molecule has 0 radical (unpaired) electrons. The molecular formula is C20H22N4O2. The van der Waals surface area contributed by atoms with Gasteiger partial charge in [-0.05, 0) is 24.3 Å². The summed E-state index contributed by atoms with van der Waals surface area (Å²) in [5.41, 5.74) is 3.15. The Morgan fingerprint density at radius 3 is 2.65 bits per heavy atom. The van der Waals surface area contributed by atoms with E-state index in [4.69, 9.17) is 4.74 Å². The molecule has 1 saturated heterocycles. The van der Waals surface area contributed by atoms with Gasteiger partial charge in [-0.1, -0.05) is 30.3 Å². The number of anilines is 2. The zero-order chi connectivity index (χ0) is 17.9. The van der Waals surface area contributed by atoms with E-state index in [0.717, 1.165) is 35.8 Å². The lowest BCUT2D eigenvalue weighted by atomic mass is 10.2. The first-order valence-corrected chi connectivity index (χ1v) is 8.78. The third kappa shape index (κ3) is 3.44. The molecule has 0 saturated carbocycles. The third-order valence-electron chi connectivity index (χ3n) is 4.69. The number of hydrogen-bond donors (Lipinski definition) is 2. The van der Waals surface area contributed by atoms with Crippen LogP contribution >= 0.6 is 0 Å². The molecule has 6 heteroatoms. The zero-order valence-corrected chi connectivity index (χ0v) is 14.6. The van der Waals surface area contributed by atoms with Gasteiger partial charge in [0, 0.05) is 44.5 Å². The van der Waals surface area contributed by atoms with Gasteiger partial charge < -0.3 is 25.2 Å². The molecule has 134 valence electrons. The molecule has 1 fully saturated rings. The van der Waals surface area contributed by atoms with E-state index in [9.17, 15) is 4.79 Å². The molecule has 0 spiro atoms. The van der Waals surface area contributed by atoms with Crippen molar-refractivity contribution in [3.8, 4) is 5.75 Å². The summed E-state index contributed by atoms with van der Waals surface area (Å²) in [6.45, 7) is 7.33. The second-order valence-corrected chi connectivity index (χ2v) is 6.45. The second kappa shape index (κ2) is 7.00. The van der Waals surface area contributed by atoms with Crippen LogP contribution in [0.25, 0.3) is 0 Å². The first-order chi connectivity index (χ1) is 12.7. The molecule has 0 aliphatic carbocycles. The van der Waals surface area contributed by atoms with Crippen LogP contribution in [0.1, 0.15) is 5.56 Å². The van der Waals surface area contributed by atoms with Crippen LogP contribution in [0.15, 0.2) is 61.0 Å². The van der Waals surface area contributed by atoms with E-state index in [0.29, 0.717) is 25.5 Å². The maximum absolute atomic E-state index is 12.4. The molecule has 2 aliphatic heterocycles. The summed E-state index contributed by atoms with van der Waals surface area (Å²) < 4.78 is 5.56. The van der Waals surface area contributed by atoms with E-state index < -0.39 is 0 Å². The number of nitrogens with zero attached hydrogens (tertiary/aromatic N) is 2. The number of hydrogen-bond acceptors (Lipinski definition) is 4. The van der Waals surface area contributed by atoms with Gasteiger partial charge in [-0.3, -0.25) is 0 Å². The Morgan fingerprint density at radius 2 is 1.88 bits per heavy atom. The maximum atomic E-state index is 12.4. The molecular weight excluding hydrogens is 328 g/mol. The summed E-state index contributed by atoms with van der Waals surface area (Å²) in [5, 5.41) is 6.07. The molecule has 0 bridgehead atoms. The summed E-state index contributed by atoms with van der Waals surface area (Å²) >= 11 is 0. The fourth-order valence-corrected chi connectivity index (χ4v) is 3.26. The molecule has 0 unspecified atom stereocenters. The quantitative estimate of drug-likeness (QED) is 0.894. The minimum atomic E-state index is -0.00807. The molecule has 2 N–H and O–H groups in total. The van der Waals surface area contributed by atoms with Gasteiger partial charge in [-0.2, -0.15) is 0 Å². The molecule has 0 aromatic heterocycles. The second-order valence-electron chi connectivity index (χ2n) is 6.45. The number of benzene rings is 2. The molecule has 2 heterocycles. The van der Waals surface area contributed by atoms with Gasteiger partial charge in [-0.15, -0.1) is 0 Å². The van der Waals surface area contributed by atoms with Gasteiger partial charge in [0.1, 0.15) is 0 Å². The van der Waals surface area contributed by atoms with E-state index in [1.54, 1.807) is 0 Å². The first-order valence-electron chi connectivity index (χ1n) is 8.78. The lowest BCUT2D eigenvalue weighted by Gasteiger charge is -2.36. The van der Waals surface area contributed by atoms with Crippen LogP contribution in [0.2, 0.25) is 0 Å². The lowest BCUT2D eigenvalue weighted by Crippen LogP contribution is -2.51. The van der Waals surface area contributed by atoms with Crippen LogP contribution in [0.5, 0.6) is 5.75 Å². The van der Waals surface area contributed by atoms with Crippen LogP contribution in [0, 0.1) is 0 Å². The fraction of sp³-hybridized carbons (Fsp3) is 0.250. The smallest absolute Gasteiger partial charge is 0.317 e. The van der Waals surface area contributed by atoms with Gasteiger partial charge in [0.25, 0.3) is 0 Å². The zero-order valence-electron chi connectivity index (χ0n) is 14.6. The number of fused-ring (bicyclic) bond motifs is 1. The standard InChI is InChI=1S/C20H22N4O2/c1-15-22-18-8-7-17(13-19(18)26-15)23-9-11-24(12-10-23)20(25)21-14-16-5-3-2-4-6-16/h2-8,13,22H,1,9-12,14H2,(H,21,25). The van der Waals surface area contributed by atoms with Crippen molar-refractivity contribution in [2.75, 3.05) is 36.4 Å². The number of carbonyl (C=O) groups excluding carboxylic acids is 1. The molecule has 6 nitrogen and oxygen atoms in total. The van der Waals surface area contributed by atoms with E-state index in [1.807, 2.05) is 47.4 Å². The Hall–Kier alpha value is -3.15. The Balaban J connectivity index is 1.31. The summed E-state index contributed by atoms with van der Waals surface area (Å²) in [6.07, 6.45) is 0. The van der Waals surface area contributed by atoms with Gasteiger partial charge in [0.2, 0.25) is 0 Å². The van der Waals surface area contributed by atoms with Gasteiger partial charge in [-0.25, -0.2) is 4.79 Å². The number of amides is 2. The van der Waals surface area contributed by atoms with Crippen LogP contribution in [-0.4, -0.2) is 37.1 Å². The maximum Gasteiger partial charge on any atom is 0.317 e. The van der Waals surface area contributed by atoms with E-state index in [-0.39, 0.29) is 6.03 Å². The van der Waals surface area contributed by atoms with Gasteiger partial charge in [0.15, 0.2) is 11.6 Å². The number of ether oxygens (including phenoxy) is 1. The number of piperazine rings is 1. The summed E-state index contributed by atoms with van der Waals surface area (Å²) in [6, 6.07) is 16.0. The highest BCUT2D eigenvalue weighted by Crippen LogP contribution is 2.36. The predicted molar refractivity (Wildman–Crippen MR) is 102 cm³/mol. The van der Waals surface area contributed by atoms with E-state index in [2.05, 4.69) is 28.2 Å². The van der Waals surface area contributed by atoms with E-state index in [1.165, 1.54) is 0 Å². The minimum Gasteiger partial charge on any atom is -0.439 e.